The van der Waals surface area contributed by atoms with Crippen molar-refractivity contribution in [1.29, 1.82) is 0 Å². The fourth-order valence-electron chi connectivity index (χ4n) is 5.01. The average Bonchev–Trinajstić information content (AvgIpc) is 3.28. The van der Waals surface area contributed by atoms with Crippen LogP contribution in [0, 0.1) is 0 Å². The van der Waals surface area contributed by atoms with Crippen LogP contribution in [0.1, 0.15) is 150 Å². The maximum absolute atomic E-state index is 12.6. The summed E-state index contributed by atoms with van der Waals surface area (Å²) in [6.07, 6.45) is 16.7. The van der Waals surface area contributed by atoms with Gasteiger partial charge >= 0.3 is 18.0 Å². The van der Waals surface area contributed by atoms with Gasteiger partial charge in [-0.3, -0.25) is 9.69 Å². The Balaban J connectivity index is 2.37. The molecule has 8 nitrogen and oxygen atoms in total. The largest absolute Gasteiger partial charge is 0.464 e. The molecule has 1 aliphatic rings. The third-order valence-corrected chi connectivity index (χ3v) is 7.26. The van der Waals surface area contributed by atoms with E-state index < -0.39 is 29.8 Å². The molecule has 1 N–H and O–H groups in total. The highest BCUT2D eigenvalue weighted by atomic mass is 16.6. The van der Waals surface area contributed by atoms with Crippen LogP contribution in [0.3, 0.4) is 0 Å². The Labute approximate surface area is 243 Å². The molecule has 1 rings (SSSR count). The van der Waals surface area contributed by atoms with Gasteiger partial charge in [-0.15, -0.1) is 0 Å². The molecule has 0 bridgehead atoms. The average molecular weight is 570 g/mol. The lowest BCUT2D eigenvalue weighted by Gasteiger charge is -2.27. The van der Waals surface area contributed by atoms with Gasteiger partial charge in [-0.05, 0) is 59.3 Å². The Morgan fingerprint density at radius 3 is 1.93 bits per heavy atom. The van der Waals surface area contributed by atoms with Gasteiger partial charge in [-0.25, -0.2) is 9.59 Å². The topological polar surface area (TPSA) is 102 Å². The molecule has 0 aromatic rings. The van der Waals surface area contributed by atoms with Crippen LogP contribution in [0.15, 0.2) is 0 Å². The molecule has 1 saturated heterocycles. The SMILES string of the molecule is CCCCCCCCC(CCCCCCCC)OC(=O)CCCCOC(=O)[C@@H]1CC(O)CN1C(=O)OC(C)(C)C. The van der Waals surface area contributed by atoms with E-state index in [0.717, 1.165) is 25.7 Å². The van der Waals surface area contributed by atoms with Crippen molar-refractivity contribution in [1.82, 2.24) is 4.90 Å². The standard InChI is InChI=1S/C32H59NO7/c1-6-8-10-12-14-16-20-27(21-17-15-13-11-9-7-2)39-29(35)22-18-19-23-38-30(36)28-24-26(34)25-33(28)31(37)40-32(3,4)5/h26-28,34H,6-25H2,1-5H3/t26?,28-/m0/s1. The molecule has 0 aliphatic carbocycles. The minimum absolute atomic E-state index is 0.00434. The zero-order valence-electron chi connectivity index (χ0n) is 26.2. The molecule has 234 valence electrons. The van der Waals surface area contributed by atoms with Crippen molar-refractivity contribution in [3.8, 4) is 0 Å². The normalized spacial score (nSPS) is 17.3. The fourth-order valence-corrected chi connectivity index (χ4v) is 5.01. The van der Waals surface area contributed by atoms with Gasteiger partial charge in [-0.1, -0.05) is 78.1 Å². The van der Waals surface area contributed by atoms with Crippen LogP contribution in [0.4, 0.5) is 4.79 Å². The van der Waals surface area contributed by atoms with Crippen molar-refractivity contribution in [2.24, 2.45) is 0 Å². The van der Waals surface area contributed by atoms with E-state index in [9.17, 15) is 19.5 Å². The van der Waals surface area contributed by atoms with Gasteiger partial charge in [0, 0.05) is 12.8 Å². The van der Waals surface area contributed by atoms with Crippen molar-refractivity contribution in [3.63, 3.8) is 0 Å². The van der Waals surface area contributed by atoms with Gasteiger partial charge in [0.2, 0.25) is 0 Å². The van der Waals surface area contributed by atoms with Gasteiger partial charge < -0.3 is 19.3 Å². The first-order chi connectivity index (χ1) is 19.1. The zero-order chi connectivity index (χ0) is 29.8. The number of aliphatic hydroxyl groups is 1. The number of carbonyl (C=O) groups is 3. The van der Waals surface area contributed by atoms with Gasteiger partial charge in [-0.2, -0.15) is 0 Å². The van der Waals surface area contributed by atoms with Gasteiger partial charge in [0.1, 0.15) is 17.7 Å². The molecule has 0 aromatic carbocycles. The summed E-state index contributed by atoms with van der Waals surface area (Å²) in [7, 11) is 0. The molecule has 0 saturated carbocycles. The van der Waals surface area contributed by atoms with Crippen LogP contribution in [-0.2, 0) is 23.8 Å². The quantitative estimate of drug-likeness (QED) is 0.0868. The Morgan fingerprint density at radius 1 is 0.825 bits per heavy atom. The fraction of sp³-hybridized carbons (Fsp3) is 0.906. The molecular formula is C32H59NO7. The number of carbonyl (C=O) groups excluding carboxylic acids is 3. The van der Waals surface area contributed by atoms with Crippen molar-refractivity contribution in [2.75, 3.05) is 13.2 Å². The highest BCUT2D eigenvalue weighted by Gasteiger charge is 2.41. The number of ether oxygens (including phenoxy) is 3. The predicted octanol–water partition coefficient (Wildman–Crippen LogP) is 7.48. The number of hydrogen-bond donors (Lipinski definition) is 1. The summed E-state index contributed by atoms with van der Waals surface area (Å²) < 4.78 is 16.6. The lowest BCUT2D eigenvalue weighted by atomic mass is 10.0. The predicted molar refractivity (Wildman–Crippen MR) is 158 cm³/mol. The minimum Gasteiger partial charge on any atom is -0.464 e. The number of unbranched alkanes of at least 4 members (excludes halogenated alkanes) is 11. The lowest BCUT2D eigenvalue weighted by Crippen LogP contribution is -2.44. The third-order valence-electron chi connectivity index (χ3n) is 7.26. The van der Waals surface area contributed by atoms with Crippen LogP contribution in [-0.4, -0.2) is 65.0 Å². The molecule has 1 heterocycles. The van der Waals surface area contributed by atoms with Crippen LogP contribution >= 0.6 is 0 Å². The number of aliphatic hydroxyl groups excluding tert-OH is 1. The second-order valence-electron chi connectivity index (χ2n) is 12.4. The van der Waals surface area contributed by atoms with E-state index >= 15 is 0 Å². The van der Waals surface area contributed by atoms with Crippen molar-refractivity contribution < 1.29 is 33.7 Å². The van der Waals surface area contributed by atoms with E-state index in [0.29, 0.717) is 19.3 Å². The third kappa shape index (κ3) is 17.1. The monoisotopic (exact) mass is 569 g/mol. The van der Waals surface area contributed by atoms with Crippen LogP contribution < -0.4 is 0 Å². The molecule has 40 heavy (non-hydrogen) atoms. The molecule has 1 amide bonds. The smallest absolute Gasteiger partial charge is 0.411 e. The van der Waals surface area contributed by atoms with Crippen LogP contribution in [0.5, 0.6) is 0 Å². The lowest BCUT2D eigenvalue weighted by molar-refractivity contribution is -0.150. The Hall–Kier alpha value is -1.83. The van der Waals surface area contributed by atoms with E-state index in [1.807, 2.05) is 0 Å². The first kappa shape index (κ1) is 36.2. The summed E-state index contributed by atoms with van der Waals surface area (Å²) in [5.74, 6) is -0.730. The number of nitrogens with zero attached hydrogens (tertiary/aromatic N) is 1. The first-order valence-electron chi connectivity index (χ1n) is 16.1. The first-order valence-corrected chi connectivity index (χ1v) is 16.1. The molecule has 1 unspecified atom stereocenters. The Morgan fingerprint density at radius 2 is 1.38 bits per heavy atom. The summed E-state index contributed by atoms with van der Waals surface area (Å²) in [5, 5.41) is 10.0. The second-order valence-corrected chi connectivity index (χ2v) is 12.4. The minimum atomic E-state index is -0.862. The van der Waals surface area contributed by atoms with Gasteiger partial charge in [0.05, 0.1) is 19.3 Å². The van der Waals surface area contributed by atoms with Crippen molar-refractivity contribution in [3.05, 3.63) is 0 Å². The van der Waals surface area contributed by atoms with Gasteiger partial charge in [0.15, 0.2) is 0 Å². The molecule has 0 spiro atoms. The summed E-state index contributed by atoms with van der Waals surface area (Å²) >= 11 is 0. The number of hydrogen-bond acceptors (Lipinski definition) is 7. The van der Waals surface area contributed by atoms with Crippen LogP contribution in [0.2, 0.25) is 0 Å². The zero-order valence-corrected chi connectivity index (χ0v) is 26.2. The van der Waals surface area contributed by atoms with E-state index in [4.69, 9.17) is 14.2 Å². The molecule has 1 fully saturated rings. The number of likely N-dealkylation sites (tertiary alicyclic amines) is 1. The Bertz CT molecular complexity index is 690. The molecule has 2 atom stereocenters. The maximum Gasteiger partial charge on any atom is 0.411 e. The van der Waals surface area contributed by atoms with E-state index in [1.165, 1.54) is 69.1 Å². The Kier molecular flexibility index (Phi) is 19.0. The number of amides is 1. The second kappa shape index (κ2) is 21.0. The van der Waals surface area contributed by atoms with Crippen molar-refractivity contribution in [2.45, 2.75) is 174 Å². The number of esters is 2. The maximum atomic E-state index is 12.6. The highest BCUT2D eigenvalue weighted by molar-refractivity contribution is 5.82. The molecule has 8 heteroatoms. The molecule has 0 aromatic heterocycles. The molecule has 1 aliphatic heterocycles. The summed E-state index contributed by atoms with van der Waals surface area (Å²) in [6, 6.07) is -0.862. The highest BCUT2D eigenvalue weighted by Crippen LogP contribution is 2.23. The molecule has 0 radical (unpaired) electrons. The van der Waals surface area contributed by atoms with E-state index in [-0.39, 0.29) is 31.6 Å². The van der Waals surface area contributed by atoms with E-state index in [1.54, 1.807) is 20.8 Å². The number of β-amino-alcohol motifs (C(OH)–C–C–N with tert-alkyl or cyclic N) is 1. The summed E-state index contributed by atoms with van der Waals surface area (Å²) in [4.78, 5) is 38.8. The summed E-state index contributed by atoms with van der Waals surface area (Å²) in [5.41, 5.74) is -0.698. The van der Waals surface area contributed by atoms with Crippen LogP contribution in [0.25, 0.3) is 0 Å². The van der Waals surface area contributed by atoms with E-state index in [2.05, 4.69) is 13.8 Å². The van der Waals surface area contributed by atoms with Crippen molar-refractivity contribution >= 4 is 18.0 Å². The number of rotatable bonds is 21. The summed E-state index contributed by atoms with van der Waals surface area (Å²) in [6.45, 7) is 9.89. The van der Waals surface area contributed by atoms with Gasteiger partial charge in [0.25, 0.3) is 0 Å². The molecular weight excluding hydrogens is 510 g/mol.